The van der Waals surface area contributed by atoms with E-state index in [0.29, 0.717) is 16.4 Å². The van der Waals surface area contributed by atoms with Crippen molar-refractivity contribution in [2.45, 2.75) is 19.0 Å². The van der Waals surface area contributed by atoms with Crippen molar-refractivity contribution in [3.63, 3.8) is 0 Å². The van der Waals surface area contributed by atoms with Gasteiger partial charge in [-0.25, -0.2) is 9.78 Å². The van der Waals surface area contributed by atoms with E-state index in [1.165, 1.54) is 19.3 Å². The van der Waals surface area contributed by atoms with Crippen LogP contribution in [0.1, 0.15) is 18.5 Å². The van der Waals surface area contributed by atoms with Crippen molar-refractivity contribution in [2.24, 2.45) is 0 Å². The van der Waals surface area contributed by atoms with Gasteiger partial charge in [0, 0.05) is 6.08 Å². The summed E-state index contributed by atoms with van der Waals surface area (Å²) < 4.78 is 47.7. The molecule has 1 aromatic heterocycles. The van der Waals surface area contributed by atoms with Gasteiger partial charge < -0.3 is 9.47 Å². The molecule has 1 rings (SSSR count). The van der Waals surface area contributed by atoms with Crippen LogP contribution in [0.2, 0.25) is 0 Å². The minimum Gasteiger partial charge on any atom is -0.477 e. The van der Waals surface area contributed by atoms with Crippen LogP contribution in [-0.4, -0.2) is 24.7 Å². The number of nitrogens with zero attached hydrogens (tertiary/aromatic N) is 1. The van der Waals surface area contributed by atoms with Gasteiger partial charge in [0.1, 0.15) is 5.69 Å². The summed E-state index contributed by atoms with van der Waals surface area (Å²) in [6.07, 6.45) is -0.510. The summed E-state index contributed by atoms with van der Waals surface area (Å²) in [5, 5.41) is 0. The molecule has 0 aliphatic carbocycles. The lowest BCUT2D eigenvalue weighted by atomic mass is 10.3. The van der Waals surface area contributed by atoms with Gasteiger partial charge in [0.2, 0.25) is 5.88 Å². The zero-order valence-electron chi connectivity index (χ0n) is 11.1. The molecule has 0 atom stereocenters. The Morgan fingerprint density at radius 2 is 2.14 bits per heavy atom. The number of aromatic nitrogens is 1. The molecular formula is C13H13F3INO3. The Bertz CT molecular complexity index is 518. The maximum Gasteiger partial charge on any atom is 0.433 e. The number of carbonyl (C=O) groups excluding carboxylic acids is 1. The van der Waals surface area contributed by atoms with Gasteiger partial charge in [-0.15, -0.1) is 0 Å². The van der Waals surface area contributed by atoms with Gasteiger partial charge in [-0.2, -0.15) is 13.2 Å². The number of allylic oxidation sites excluding steroid dienone is 1. The van der Waals surface area contributed by atoms with Gasteiger partial charge in [-0.05, 0) is 47.6 Å². The Kier molecular flexibility index (Phi) is 6.93. The molecule has 0 aliphatic heterocycles. The molecule has 4 nitrogen and oxygen atoms in total. The Labute approximate surface area is 133 Å². The zero-order chi connectivity index (χ0) is 15.9. The highest BCUT2D eigenvalue weighted by atomic mass is 127. The third-order valence-electron chi connectivity index (χ3n) is 2.31. The molecule has 1 heterocycles. The number of pyridine rings is 1. The Morgan fingerprint density at radius 1 is 1.43 bits per heavy atom. The van der Waals surface area contributed by atoms with Crippen LogP contribution in [0.15, 0.2) is 24.3 Å². The van der Waals surface area contributed by atoms with Gasteiger partial charge in [-0.3, -0.25) is 0 Å². The van der Waals surface area contributed by atoms with Crippen molar-refractivity contribution >= 4 is 28.6 Å². The molecule has 0 bridgehead atoms. The second kappa shape index (κ2) is 8.20. The molecule has 21 heavy (non-hydrogen) atoms. The van der Waals surface area contributed by atoms with Gasteiger partial charge in [0.05, 0.1) is 17.3 Å². The number of alkyl halides is 3. The van der Waals surface area contributed by atoms with Crippen LogP contribution in [-0.2, 0) is 15.7 Å². The first-order valence-corrected chi connectivity index (χ1v) is 7.03. The van der Waals surface area contributed by atoms with E-state index in [9.17, 15) is 18.0 Å². The zero-order valence-corrected chi connectivity index (χ0v) is 13.3. The van der Waals surface area contributed by atoms with Gasteiger partial charge >= 0.3 is 12.1 Å². The van der Waals surface area contributed by atoms with Crippen LogP contribution < -0.4 is 4.74 Å². The molecule has 0 amide bonds. The number of unbranched alkanes of at least 4 members (excludes halogenated alkanes) is 1. The van der Waals surface area contributed by atoms with Crippen LogP contribution in [0, 0.1) is 3.57 Å². The SMILES string of the molecule is COC(=O)/C=C/CCCOc1nc(C(F)(F)F)ccc1I. The summed E-state index contributed by atoms with van der Waals surface area (Å²) in [5.74, 6) is -0.493. The quantitative estimate of drug-likeness (QED) is 0.309. The molecule has 0 aromatic carbocycles. The standard InChI is InChI=1S/C13H13F3INO3/c1-20-11(19)5-3-2-4-8-21-12-9(17)6-7-10(18-12)13(14,15)16/h3,5-7H,2,4,8H2,1H3/b5-3+. The van der Waals surface area contributed by atoms with Crippen molar-refractivity contribution in [3.8, 4) is 5.88 Å². The van der Waals surface area contributed by atoms with Crippen LogP contribution in [0.3, 0.4) is 0 Å². The average Bonchev–Trinajstić information content (AvgIpc) is 2.42. The smallest absolute Gasteiger partial charge is 0.433 e. The predicted octanol–water partition coefficient (Wildman–Crippen LogP) is 3.59. The highest BCUT2D eigenvalue weighted by Gasteiger charge is 2.33. The lowest BCUT2D eigenvalue weighted by molar-refractivity contribution is -0.141. The summed E-state index contributed by atoms with van der Waals surface area (Å²) in [6.45, 7) is 0.204. The minimum absolute atomic E-state index is 0.0395. The highest BCUT2D eigenvalue weighted by Crippen LogP contribution is 2.30. The van der Waals surface area contributed by atoms with Crippen LogP contribution in [0.25, 0.3) is 0 Å². The minimum atomic E-state index is -4.49. The Balaban J connectivity index is 2.49. The molecule has 0 spiro atoms. The largest absolute Gasteiger partial charge is 0.477 e. The van der Waals surface area contributed by atoms with E-state index in [-0.39, 0.29) is 12.5 Å². The number of rotatable bonds is 6. The lowest BCUT2D eigenvalue weighted by Gasteiger charge is -2.10. The van der Waals surface area contributed by atoms with Crippen molar-refractivity contribution in [1.82, 2.24) is 4.98 Å². The average molecular weight is 415 g/mol. The molecule has 116 valence electrons. The van der Waals surface area contributed by atoms with Crippen molar-refractivity contribution in [1.29, 1.82) is 0 Å². The molecule has 0 fully saturated rings. The first kappa shape index (κ1) is 17.7. The molecule has 0 unspecified atom stereocenters. The summed E-state index contributed by atoms with van der Waals surface area (Å²) in [7, 11) is 1.27. The van der Waals surface area contributed by atoms with E-state index >= 15 is 0 Å². The maximum atomic E-state index is 12.5. The topological polar surface area (TPSA) is 48.4 Å². The highest BCUT2D eigenvalue weighted by molar-refractivity contribution is 14.1. The van der Waals surface area contributed by atoms with Crippen LogP contribution >= 0.6 is 22.6 Å². The van der Waals surface area contributed by atoms with Crippen molar-refractivity contribution < 1.29 is 27.4 Å². The van der Waals surface area contributed by atoms with Crippen molar-refractivity contribution in [3.05, 3.63) is 33.5 Å². The maximum absolute atomic E-state index is 12.5. The predicted molar refractivity (Wildman–Crippen MR) is 77.8 cm³/mol. The third kappa shape index (κ3) is 6.32. The number of hydrogen-bond acceptors (Lipinski definition) is 4. The second-order valence-electron chi connectivity index (χ2n) is 3.90. The van der Waals surface area contributed by atoms with Crippen LogP contribution in [0.4, 0.5) is 13.2 Å². The summed E-state index contributed by atoms with van der Waals surface area (Å²) in [6, 6.07) is 2.22. The monoisotopic (exact) mass is 415 g/mol. The first-order chi connectivity index (χ1) is 9.84. The summed E-state index contributed by atoms with van der Waals surface area (Å²) in [4.78, 5) is 14.2. The normalized spacial score (nSPS) is 11.7. The molecule has 8 heteroatoms. The number of carbonyl (C=O) groups is 1. The van der Waals surface area contributed by atoms with E-state index < -0.39 is 17.8 Å². The van der Waals surface area contributed by atoms with E-state index in [0.717, 1.165) is 6.07 Å². The van der Waals surface area contributed by atoms with Gasteiger partial charge in [0.15, 0.2) is 0 Å². The number of ether oxygens (including phenoxy) is 2. The third-order valence-corrected chi connectivity index (χ3v) is 3.13. The Hall–Kier alpha value is -1.32. The fourth-order valence-electron chi connectivity index (χ4n) is 1.30. The number of methoxy groups -OCH3 is 1. The van der Waals surface area contributed by atoms with Gasteiger partial charge in [0.25, 0.3) is 0 Å². The number of hydrogen-bond donors (Lipinski definition) is 0. The van der Waals surface area contributed by atoms with Crippen molar-refractivity contribution in [2.75, 3.05) is 13.7 Å². The van der Waals surface area contributed by atoms with Gasteiger partial charge in [-0.1, -0.05) is 6.08 Å². The lowest BCUT2D eigenvalue weighted by Crippen LogP contribution is -2.10. The summed E-state index contributed by atoms with van der Waals surface area (Å²) >= 11 is 1.86. The fraction of sp³-hybridized carbons (Fsp3) is 0.385. The molecule has 0 saturated heterocycles. The first-order valence-electron chi connectivity index (χ1n) is 5.95. The van der Waals surface area contributed by atoms with E-state index in [4.69, 9.17) is 4.74 Å². The number of esters is 1. The molecule has 0 radical (unpaired) electrons. The molecular weight excluding hydrogens is 402 g/mol. The molecule has 0 N–H and O–H groups in total. The van der Waals surface area contributed by atoms with Crippen LogP contribution in [0.5, 0.6) is 5.88 Å². The summed E-state index contributed by atoms with van der Waals surface area (Å²) in [5.41, 5.74) is -0.983. The Morgan fingerprint density at radius 3 is 2.76 bits per heavy atom. The fourth-order valence-corrected chi connectivity index (χ4v) is 1.76. The number of halogens is 4. The molecule has 0 aliphatic rings. The van der Waals surface area contributed by atoms with E-state index in [2.05, 4.69) is 9.72 Å². The molecule has 0 saturated carbocycles. The second-order valence-corrected chi connectivity index (χ2v) is 5.06. The molecule has 1 aromatic rings. The van der Waals surface area contributed by atoms with E-state index in [1.807, 2.05) is 22.6 Å². The van der Waals surface area contributed by atoms with E-state index in [1.54, 1.807) is 6.08 Å².